The van der Waals surface area contributed by atoms with Crippen LogP contribution in [0.25, 0.3) is 0 Å². The van der Waals surface area contributed by atoms with E-state index in [0.717, 1.165) is 18.8 Å². The molecule has 4 heteroatoms. The molecule has 1 rings (SSSR count). The Balaban J connectivity index is 2.46. The van der Waals surface area contributed by atoms with Crippen molar-refractivity contribution in [3.63, 3.8) is 0 Å². The zero-order valence-corrected chi connectivity index (χ0v) is 11.9. The minimum atomic E-state index is 0.0747. The van der Waals surface area contributed by atoms with Gasteiger partial charge in [0, 0.05) is 31.0 Å². The van der Waals surface area contributed by atoms with E-state index in [-0.39, 0.29) is 5.91 Å². The second-order valence-electron chi connectivity index (χ2n) is 5.36. The fourth-order valence-electron chi connectivity index (χ4n) is 1.60. The minimum Gasteiger partial charge on any atom is -0.354 e. The van der Waals surface area contributed by atoms with Gasteiger partial charge in [0.1, 0.15) is 6.54 Å². The summed E-state index contributed by atoms with van der Waals surface area (Å²) in [5, 5.41) is 6.29. The third-order valence-corrected chi connectivity index (χ3v) is 2.64. The van der Waals surface area contributed by atoms with E-state index in [1.807, 2.05) is 22.9 Å². The highest BCUT2D eigenvalue weighted by atomic mass is 16.1. The highest BCUT2D eigenvalue weighted by Gasteiger charge is 2.07. The van der Waals surface area contributed by atoms with E-state index in [9.17, 15) is 4.79 Å². The van der Waals surface area contributed by atoms with Gasteiger partial charge < -0.3 is 15.2 Å². The maximum atomic E-state index is 11.8. The average molecular weight is 251 g/mol. The quantitative estimate of drug-likeness (QED) is 0.775. The van der Waals surface area contributed by atoms with Gasteiger partial charge in [0.15, 0.2) is 0 Å². The van der Waals surface area contributed by atoms with Crippen LogP contribution in [-0.4, -0.2) is 23.1 Å². The van der Waals surface area contributed by atoms with E-state index in [2.05, 4.69) is 38.3 Å². The topological polar surface area (TPSA) is 46.1 Å². The molecule has 0 bridgehead atoms. The first-order valence-corrected chi connectivity index (χ1v) is 6.63. The fraction of sp³-hybridized carbons (Fsp3) is 0.643. The van der Waals surface area contributed by atoms with Crippen molar-refractivity contribution in [3.8, 4) is 0 Å². The molecule has 0 saturated carbocycles. The lowest BCUT2D eigenvalue weighted by atomic mass is 10.2. The second-order valence-corrected chi connectivity index (χ2v) is 5.36. The molecule has 0 unspecified atom stereocenters. The third kappa shape index (κ3) is 5.36. The summed E-state index contributed by atoms with van der Waals surface area (Å²) in [5.41, 5.74) is 1.14. The van der Waals surface area contributed by atoms with Crippen molar-refractivity contribution in [3.05, 3.63) is 24.0 Å². The first-order valence-electron chi connectivity index (χ1n) is 6.63. The van der Waals surface area contributed by atoms with Gasteiger partial charge in [-0.05, 0) is 18.1 Å². The number of carbonyl (C=O) groups excluding carboxylic acids is 1. The number of nitrogens with one attached hydrogen (secondary N) is 2. The SMILES string of the molecule is CC(C)CNC(=O)Cn1cccc1CNC(C)C. The second kappa shape index (κ2) is 7.21. The monoisotopic (exact) mass is 251 g/mol. The van der Waals surface area contributed by atoms with Crippen LogP contribution in [0.15, 0.2) is 18.3 Å². The molecule has 0 fully saturated rings. The van der Waals surface area contributed by atoms with Gasteiger partial charge in [0.25, 0.3) is 0 Å². The van der Waals surface area contributed by atoms with E-state index in [1.165, 1.54) is 0 Å². The summed E-state index contributed by atoms with van der Waals surface area (Å²) in [5.74, 6) is 0.561. The van der Waals surface area contributed by atoms with Crippen LogP contribution in [0, 0.1) is 5.92 Å². The molecule has 0 radical (unpaired) electrons. The molecule has 4 nitrogen and oxygen atoms in total. The molecular formula is C14H25N3O. The van der Waals surface area contributed by atoms with Crippen molar-refractivity contribution in [2.75, 3.05) is 6.54 Å². The summed E-state index contributed by atoms with van der Waals surface area (Å²) in [7, 11) is 0. The number of amides is 1. The van der Waals surface area contributed by atoms with Crippen molar-refractivity contribution in [1.82, 2.24) is 15.2 Å². The highest BCUT2D eigenvalue weighted by Crippen LogP contribution is 2.02. The van der Waals surface area contributed by atoms with Gasteiger partial charge in [0.05, 0.1) is 0 Å². The molecule has 1 amide bonds. The van der Waals surface area contributed by atoms with E-state index < -0.39 is 0 Å². The van der Waals surface area contributed by atoms with Crippen LogP contribution >= 0.6 is 0 Å². The number of aromatic nitrogens is 1. The van der Waals surface area contributed by atoms with Crippen molar-refractivity contribution >= 4 is 5.91 Å². The molecule has 0 spiro atoms. The standard InChI is InChI=1S/C14H25N3O/c1-11(2)8-16-14(18)10-17-7-5-6-13(17)9-15-12(3)4/h5-7,11-12,15H,8-10H2,1-4H3,(H,16,18). The molecule has 102 valence electrons. The molecule has 0 aliphatic rings. The van der Waals surface area contributed by atoms with Gasteiger partial charge in [-0.25, -0.2) is 0 Å². The van der Waals surface area contributed by atoms with Gasteiger partial charge in [-0.3, -0.25) is 4.79 Å². The molecule has 18 heavy (non-hydrogen) atoms. The molecule has 1 aromatic heterocycles. The normalized spacial score (nSPS) is 11.2. The summed E-state index contributed by atoms with van der Waals surface area (Å²) < 4.78 is 1.99. The molecule has 0 aliphatic carbocycles. The van der Waals surface area contributed by atoms with E-state index in [0.29, 0.717) is 18.5 Å². The summed E-state index contributed by atoms with van der Waals surface area (Å²) in [6.45, 7) is 10.3. The predicted octanol–water partition coefficient (Wildman–Crippen LogP) is 1.76. The summed E-state index contributed by atoms with van der Waals surface area (Å²) in [4.78, 5) is 11.8. The number of hydrogen-bond acceptors (Lipinski definition) is 2. The smallest absolute Gasteiger partial charge is 0.239 e. The highest BCUT2D eigenvalue weighted by molar-refractivity contribution is 5.75. The molecule has 0 atom stereocenters. The van der Waals surface area contributed by atoms with Crippen LogP contribution in [0.4, 0.5) is 0 Å². The molecule has 0 aromatic carbocycles. The number of carbonyl (C=O) groups is 1. The van der Waals surface area contributed by atoms with Crippen molar-refractivity contribution in [2.45, 2.75) is 46.8 Å². The van der Waals surface area contributed by atoms with Crippen LogP contribution in [0.3, 0.4) is 0 Å². The van der Waals surface area contributed by atoms with Gasteiger partial charge in [-0.15, -0.1) is 0 Å². The Morgan fingerprint density at radius 2 is 2.06 bits per heavy atom. The molecule has 0 aliphatic heterocycles. The van der Waals surface area contributed by atoms with Crippen LogP contribution < -0.4 is 10.6 Å². The Morgan fingerprint density at radius 1 is 1.33 bits per heavy atom. The number of hydrogen-bond donors (Lipinski definition) is 2. The molecule has 1 heterocycles. The van der Waals surface area contributed by atoms with Crippen molar-refractivity contribution < 1.29 is 4.79 Å². The largest absolute Gasteiger partial charge is 0.354 e. The lowest BCUT2D eigenvalue weighted by Crippen LogP contribution is -2.31. The summed E-state index contributed by atoms with van der Waals surface area (Å²) >= 11 is 0. The Labute approximate surface area is 110 Å². The third-order valence-electron chi connectivity index (χ3n) is 2.64. The van der Waals surface area contributed by atoms with Crippen LogP contribution in [0.2, 0.25) is 0 Å². The van der Waals surface area contributed by atoms with Gasteiger partial charge in [-0.1, -0.05) is 27.7 Å². The van der Waals surface area contributed by atoms with E-state index in [1.54, 1.807) is 0 Å². The summed E-state index contributed by atoms with van der Waals surface area (Å²) in [6.07, 6.45) is 1.95. The van der Waals surface area contributed by atoms with E-state index >= 15 is 0 Å². The lowest BCUT2D eigenvalue weighted by molar-refractivity contribution is -0.121. The van der Waals surface area contributed by atoms with Crippen molar-refractivity contribution in [2.24, 2.45) is 5.92 Å². The molecule has 2 N–H and O–H groups in total. The predicted molar refractivity (Wildman–Crippen MR) is 74.3 cm³/mol. The molecular weight excluding hydrogens is 226 g/mol. The first kappa shape index (κ1) is 14.8. The zero-order valence-electron chi connectivity index (χ0n) is 11.9. The maximum absolute atomic E-state index is 11.8. The van der Waals surface area contributed by atoms with Crippen molar-refractivity contribution in [1.29, 1.82) is 0 Å². The maximum Gasteiger partial charge on any atom is 0.239 e. The minimum absolute atomic E-state index is 0.0747. The number of rotatable bonds is 7. The fourth-order valence-corrected chi connectivity index (χ4v) is 1.60. The van der Waals surface area contributed by atoms with Crippen LogP contribution in [-0.2, 0) is 17.9 Å². The van der Waals surface area contributed by atoms with Crippen LogP contribution in [0.5, 0.6) is 0 Å². The zero-order chi connectivity index (χ0) is 13.5. The number of nitrogens with zero attached hydrogens (tertiary/aromatic N) is 1. The Hall–Kier alpha value is -1.29. The average Bonchev–Trinajstić information content (AvgIpc) is 2.71. The van der Waals surface area contributed by atoms with Crippen LogP contribution in [0.1, 0.15) is 33.4 Å². The Bertz CT molecular complexity index is 369. The van der Waals surface area contributed by atoms with Gasteiger partial charge in [-0.2, -0.15) is 0 Å². The van der Waals surface area contributed by atoms with Gasteiger partial charge >= 0.3 is 0 Å². The first-order chi connectivity index (χ1) is 8.49. The Morgan fingerprint density at radius 3 is 2.67 bits per heavy atom. The Kier molecular flexibility index (Phi) is 5.92. The molecule has 1 aromatic rings. The van der Waals surface area contributed by atoms with Gasteiger partial charge in [0.2, 0.25) is 5.91 Å². The summed E-state index contributed by atoms with van der Waals surface area (Å²) in [6, 6.07) is 4.47. The lowest BCUT2D eigenvalue weighted by Gasteiger charge is -2.13. The molecule has 0 saturated heterocycles. The van der Waals surface area contributed by atoms with E-state index in [4.69, 9.17) is 0 Å².